The number of hydrogen-bond acceptors (Lipinski definition) is 3. The first-order valence-electron chi connectivity index (χ1n) is 5.24. The molecule has 0 unspecified atom stereocenters. The molecule has 2 nitrogen and oxygen atoms in total. The molecule has 0 aliphatic rings. The topological polar surface area (TPSA) is 38.9 Å². The van der Waals surface area contributed by atoms with Gasteiger partial charge in [-0.2, -0.15) is 0 Å². The molecule has 0 saturated heterocycles. The van der Waals surface area contributed by atoms with Crippen LogP contribution in [0.3, 0.4) is 0 Å². The smallest absolute Gasteiger partial charge is 0.106 e. The molecule has 2 rings (SSSR count). The fraction of sp³-hybridized carbons (Fsp3) is 0.154. The average molecular weight is 309 g/mol. The molecule has 1 aromatic carbocycles. The highest BCUT2D eigenvalue weighted by Gasteiger charge is 2.02. The number of nitrogens with two attached hydrogens (primary N) is 1. The normalized spacial score (nSPS) is 10.5. The number of aromatic nitrogens is 1. The lowest BCUT2D eigenvalue weighted by Crippen LogP contribution is -1.94. The number of rotatable bonds is 3. The number of nitrogen functional groups attached to an aromatic ring is 1. The highest BCUT2D eigenvalue weighted by molar-refractivity contribution is 9.10. The van der Waals surface area contributed by atoms with Gasteiger partial charge in [0.25, 0.3) is 0 Å². The largest absolute Gasteiger partial charge is 0.397 e. The lowest BCUT2D eigenvalue weighted by atomic mass is 10.2. The number of thioether (sulfide) groups is 1. The lowest BCUT2D eigenvalue weighted by molar-refractivity contribution is 1.23. The van der Waals surface area contributed by atoms with Crippen LogP contribution in [0.1, 0.15) is 11.1 Å². The van der Waals surface area contributed by atoms with Gasteiger partial charge < -0.3 is 5.73 Å². The summed E-state index contributed by atoms with van der Waals surface area (Å²) in [6.07, 6.45) is 1.69. The summed E-state index contributed by atoms with van der Waals surface area (Å²) < 4.78 is 0.825. The van der Waals surface area contributed by atoms with E-state index in [0.717, 1.165) is 21.6 Å². The van der Waals surface area contributed by atoms with E-state index in [1.54, 1.807) is 18.0 Å². The summed E-state index contributed by atoms with van der Waals surface area (Å²) in [6.45, 7) is 2.09. The second-order valence-electron chi connectivity index (χ2n) is 3.81. The summed E-state index contributed by atoms with van der Waals surface area (Å²) in [5.41, 5.74) is 9.01. The predicted octanol–water partition coefficient (Wildman–Crippen LogP) is 4.03. The van der Waals surface area contributed by atoms with Crippen molar-refractivity contribution in [1.82, 2.24) is 4.98 Å². The third kappa shape index (κ3) is 3.48. The van der Waals surface area contributed by atoms with Gasteiger partial charge in [0.1, 0.15) is 4.60 Å². The van der Waals surface area contributed by atoms with Gasteiger partial charge in [-0.25, -0.2) is 4.98 Å². The van der Waals surface area contributed by atoms with Crippen LogP contribution in [0.25, 0.3) is 0 Å². The third-order valence-electron chi connectivity index (χ3n) is 2.41. The zero-order valence-corrected chi connectivity index (χ0v) is 11.9. The zero-order valence-electron chi connectivity index (χ0n) is 9.48. The maximum Gasteiger partial charge on any atom is 0.106 e. The van der Waals surface area contributed by atoms with Gasteiger partial charge in [-0.3, -0.25) is 0 Å². The van der Waals surface area contributed by atoms with Crippen LogP contribution in [0, 0.1) is 6.92 Å². The standard InChI is InChI=1S/C13H13BrN2S/c1-9-2-4-11(5-3-9)17-8-10-6-13(14)16-7-12(10)15/h2-7H,8,15H2,1H3. The van der Waals surface area contributed by atoms with Gasteiger partial charge in [-0.15, -0.1) is 11.8 Å². The minimum absolute atomic E-state index is 0.743. The molecule has 0 bridgehead atoms. The summed E-state index contributed by atoms with van der Waals surface area (Å²) in [7, 11) is 0. The first-order valence-corrected chi connectivity index (χ1v) is 7.02. The van der Waals surface area contributed by atoms with Crippen LogP contribution in [-0.2, 0) is 5.75 Å². The van der Waals surface area contributed by atoms with Crippen molar-refractivity contribution in [3.8, 4) is 0 Å². The maximum absolute atomic E-state index is 5.88. The Morgan fingerprint density at radius 2 is 2.00 bits per heavy atom. The first kappa shape index (κ1) is 12.5. The molecule has 88 valence electrons. The quantitative estimate of drug-likeness (QED) is 0.687. The number of anilines is 1. The molecular weight excluding hydrogens is 296 g/mol. The van der Waals surface area contributed by atoms with Crippen LogP contribution in [0.5, 0.6) is 0 Å². The number of aryl methyl sites for hydroxylation is 1. The van der Waals surface area contributed by atoms with Crippen molar-refractivity contribution in [3.05, 3.63) is 52.3 Å². The Bertz CT molecular complexity index is 511. The van der Waals surface area contributed by atoms with Gasteiger partial charge >= 0.3 is 0 Å². The minimum Gasteiger partial charge on any atom is -0.397 e. The molecule has 0 amide bonds. The second-order valence-corrected chi connectivity index (χ2v) is 5.67. The summed E-state index contributed by atoms with van der Waals surface area (Å²) in [6, 6.07) is 10.5. The zero-order chi connectivity index (χ0) is 12.3. The molecule has 1 aromatic heterocycles. The van der Waals surface area contributed by atoms with Crippen LogP contribution >= 0.6 is 27.7 Å². The van der Waals surface area contributed by atoms with Crippen LogP contribution in [0.15, 0.2) is 46.0 Å². The van der Waals surface area contributed by atoms with Crippen LogP contribution in [0.2, 0.25) is 0 Å². The Labute approximate surface area is 114 Å². The van der Waals surface area contributed by atoms with E-state index >= 15 is 0 Å². The summed E-state index contributed by atoms with van der Waals surface area (Å²) in [4.78, 5) is 5.34. The Balaban J connectivity index is 2.07. The molecule has 0 fully saturated rings. The van der Waals surface area contributed by atoms with Crippen molar-refractivity contribution < 1.29 is 0 Å². The molecule has 2 N–H and O–H groups in total. The van der Waals surface area contributed by atoms with E-state index in [0.29, 0.717) is 0 Å². The molecule has 0 aliphatic heterocycles. The van der Waals surface area contributed by atoms with Crippen molar-refractivity contribution in [3.63, 3.8) is 0 Å². The van der Waals surface area contributed by atoms with E-state index in [1.807, 2.05) is 6.07 Å². The van der Waals surface area contributed by atoms with Gasteiger partial charge in [-0.05, 0) is 46.6 Å². The average Bonchev–Trinajstić information content (AvgIpc) is 2.32. The van der Waals surface area contributed by atoms with Gasteiger partial charge in [-0.1, -0.05) is 17.7 Å². The van der Waals surface area contributed by atoms with Gasteiger partial charge in [0.05, 0.1) is 11.9 Å². The van der Waals surface area contributed by atoms with Crippen molar-refractivity contribution in [2.45, 2.75) is 17.6 Å². The number of nitrogens with zero attached hydrogens (tertiary/aromatic N) is 1. The van der Waals surface area contributed by atoms with Crippen molar-refractivity contribution >= 4 is 33.4 Å². The summed E-state index contributed by atoms with van der Waals surface area (Å²) in [5.74, 6) is 0.857. The third-order valence-corrected chi connectivity index (χ3v) is 3.90. The maximum atomic E-state index is 5.88. The molecule has 0 aliphatic carbocycles. The minimum atomic E-state index is 0.743. The first-order chi connectivity index (χ1) is 8.15. The monoisotopic (exact) mass is 308 g/mol. The van der Waals surface area contributed by atoms with Gasteiger partial charge in [0, 0.05) is 10.6 Å². The number of hydrogen-bond donors (Lipinski definition) is 1. The Morgan fingerprint density at radius 3 is 2.71 bits per heavy atom. The fourth-order valence-corrected chi connectivity index (χ4v) is 2.68. The van der Waals surface area contributed by atoms with Crippen molar-refractivity contribution in [2.75, 3.05) is 5.73 Å². The fourth-order valence-electron chi connectivity index (χ4n) is 1.40. The molecule has 0 radical (unpaired) electrons. The van der Waals surface area contributed by atoms with Crippen molar-refractivity contribution in [1.29, 1.82) is 0 Å². The summed E-state index contributed by atoms with van der Waals surface area (Å²) in [5, 5.41) is 0. The van der Waals surface area contributed by atoms with Crippen molar-refractivity contribution in [2.24, 2.45) is 0 Å². The van der Waals surface area contributed by atoms with Gasteiger partial charge in [0.2, 0.25) is 0 Å². The van der Waals surface area contributed by atoms with E-state index < -0.39 is 0 Å². The van der Waals surface area contributed by atoms with Crippen LogP contribution < -0.4 is 5.73 Å². The predicted molar refractivity (Wildman–Crippen MR) is 77.1 cm³/mol. The molecule has 4 heteroatoms. The molecule has 0 spiro atoms. The number of halogens is 1. The lowest BCUT2D eigenvalue weighted by Gasteiger charge is -2.06. The number of pyridine rings is 1. The Kier molecular flexibility index (Phi) is 4.07. The van der Waals surface area contributed by atoms with Crippen LogP contribution in [-0.4, -0.2) is 4.98 Å². The highest BCUT2D eigenvalue weighted by Crippen LogP contribution is 2.26. The Morgan fingerprint density at radius 1 is 1.29 bits per heavy atom. The van der Waals surface area contributed by atoms with Crippen LogP contribution in [0.4, 0.5) is 5.69 Å². The summed E-state index contributed by atoms with van der Waals surface area (Å²) >= 11 is 5.13. The molecule has 17 heavy (non-hydrogen) atoms. The molecule has 0 saturated carbocycles. The SMILES string of the molecule is Cc1ccc(SCc2cc(Br)ncc2N)cc1. The molecular formula is C13H13BrN2S. The van der Waals surface area contributed by atoms with E-state index in [9.17, 15) is 0 Å². The van der Waals surface area contributed by atoms with E-state index in [-0.39, 0.29) is 0 Å². The highest BCUT2D eigenvalue weighted by atomic mass is 79.9. The molecule has 1 heterocycles. The van der Waals surface area contributed by atoms with E-state index in [4.69, 9.17) is 5.73 Å². The number of benzene rings is 1. The van der Waals surface area contributed by atoms with E-state index in [1.165, 1.54) is 10.5 Å². The second kappa shape index (κ2) is 5.56. The molecule has 2 aromatic rings. The molecule has 0 atom stereocenters. The van der Waals surface area contributed by atoms with E-state index in [2.05, 4.69) is 52.1 Å². The van der Waals surface area contributed by atoms with Gasteiger partial charge in [0.15, 0.2) is 0 Å². The Hall–Kier alpha value is -1.00.